The van der Waals surface area contributed by atoms with E-state index in [-0.39, 0.29) is 5.91 Å². The van der Waals surface area contributed by atoms with Crippen molar-refractivity contribution < 1.29 is 4.79 Å². The molecule has 1 aromatic carbocycles. The molecule has 9 heteroatoms. The van der Waals surface area contributed by atoms with Crippen LogP contribution in [-0.4, -0.2) is 25.7 Å². The molecule has 0 bridgehead atoms. The zero-order valence-corrected chi connectivity index (χ0v) is 14.7. The Morgan fingerprint density at radius 3 is 2.83 bits per heavy atom. The van der Waals surface area contributed by atoms with Crippen molar-refractivity contribution in [2.45, 2.75) is 24.0 Å². The first-order chi connectivity index (χ1) is 11.3. The highest BCUT2D eigenvalue weighted by Gasteiger charge is 2.17. The van der Waals surface area contributed by atoms with Crippen LogP contribution in [0.1, 0.15) is 27.3 Å². The predicted octanol–water partition coefficient (Wildman–Crippen LogP) is 3.50. The van der Waals surface area contributed by atoms with E-state index in [0.717, 1.165) is 22.3 Å². The number of carbonyl (C=O) groups is 1. The second kappa shape index (κ2) is 7.62. The van der Waals surface area contributed by atoms with Crippen molar-refractivity contribution >= 4 is 45.7 Å². The number of benzene rings is 1. The Labute approximate surface area is 145 Å². The predicted molar refractivity (Wildman–Crippen MR) is 93.2 cm³/mol. The van der Waals surface area contributed by atoms with Crippen molar-refractivity contribution in [2.24, 2.45) is 0 Å². The summed E-state index contributed by atoms with van der Waals surface area (Å²) in [6, 6.07) is 10.1. The first-order valence-corrected chi connectivity index (χ1v) is 9.46. The molecule has 3 aromatic rings. The number of thioether (sulfide) groups is 1. The molecule has 0 fully saturated rings. The molecule has 3 rings (SSSR count). The molecule has 1 amide bonds. The van der Waals surface area contributed by atoms with Gasteiger partial charge < -0.3 is 0 Å². The van der Waals surface area contributed by atoms with Crippen LogP contribution in [0, 0.1) is 0 Å². The third-order valence-corrected chi connectivity index (χ3v) is 5.70. The van der Waals surface area contributed by atoms with Gasteiger partial charge in [-0.2, -0.15) is 0 Å². The van der Waals surface area contributed by atoms with Gasteiger partial charge in [0.2, 0.25) is 5.13 Å². The fourth-order valence-electron chi connectivity index (χ4n) is 1.79. The Hall–Kier alpha value is -1.84. The summed E-state index contributed by atoms with van der Waals surface area (Å²) in [4.78, 5) is 13.9. The summed E-state index contributed by atoms with van der Waals surface area (Å²) in [6.45, 7) is 1.94. The van der Waals surface area contributed by atoms with Crippen LogP contribution in [0.15, 0.2) is 35.2 Å². The summed E-state index contributed by atoms with van der Waals surface area (Å²) in [6.07, 6.45) is 0.675. The van der Waals surface area contributed by atoms with E-state index in [1.807, 2.05) is 25.1 Å². The van der Waals surface area contributed by atoms with Crippen molar-refractivity contribution in [1.29, 1.82) is 0 Å². The molecular weight excluding hydrogens is 350 g/mol. The topological polar surface area (TPSA) is 80.7 Å². The Balaban J connectivity index is 1.60. The first kappa shape index (κ1) is 16.0. The molecule has 0 saturated carbocycles. The van der Waals surface area contributed by atoms with Gasteiger partial charge in [-0.1, -0.05) is 40.9 Å². The molecule has 2 heterocycles. The van der Waals surface area contributed by atoms with E-state index in [1.54, 1.807) is 11.8 Å². The number of aromatic nitrogens is 4. The standard InChI is InChI=1S/C14H13N5OS3/c1-2-10-12(23-19-16-10)13(20)15-14-18-17-11(22-14)8-21-9-6-4-3-5-7-9/h3-7H,2,8H2,1H3,(H,15,18,20). The van der Waals surface area contributed by atoms with Gasteiger partial charge in [-0.3, -0.25) is 10.1 Å². The molecule has 0 aliphatic rings. The van der Waals surface area contributed by atoms with Crippen molar-refractivity contribution in [3.05, 3.63) is 45.9 Å². The molecule has 23 heavy (non-hydrogen) atoms. The molecule has 0 unspecified atom stereocenters. The lowest BCUT2D eigenvalue weighted by Crippen LogP contribution is -2.12. The number of rotatable bonds is 6. The minimum absolute atomic E-state index is 0.227. The number of aryl methyl sites for hydroxylation is 1. The van der Waals surface area contributed by atoms with Gasteiger partial charge in [0, 0.05) is 4.90 Å². The molecule has 1 N–H and O–H groups in total. The highest BCUT2D eigenvalue weighted by molar-refractivity contribution is 7.98. The van der Waals surface area contributed by atoms with E-state index in [1.165, 1.54) is 16.2 Å². The fraction of sp³-hybridized carbons (Fsp3) is 0.214. The maximum absolute atomic E-state index is 12.2. The van der Waals surface area contributed by atoms with Crippen LogP contribution in [-0.2, 0) is 12.2 Å². The molecule has 0 atom stereocenters. The van der Waals surface area contributed by atoms with Gasteiger partial charge >= 0.3 is 0 Å². The van der Waals surface area contributed by atoms with Gasteiger partial charge in [0.25, 0.3) is 5.91 Å². The van der Waals surface area contributed by atoms with E-state index in [0.29, 0.717) is 22.1 Å². The Kier molecular flexibility index (Phi) is 5.31. The van der Waals surface area contributed by atoms with E-state index >= 15 is 0 Å². The van der Waals surface area contributed by atoms with E-state index in [9.17, 15) is 4.79 Å². The van der Waals surface area contributed by atoms with Crippen LogP contribution in [0.2, 0.25) is 0 Å². The second-order valence-corrected chi connectivity index (χ2v) is 7.32. The number of hydrogen-bond acceptors (Lipinski definition) is 8. The molecule has 6 nitrogen and oxygen atoms in total. The summed E-state index contributed by atoms with van der Waals surface area (Å²) in [5.74, 6) is 0.495. The number of anilines is 1. The van der Waals surface area contributed by atoms with Crippen LogP contribution in [0.3, 0.4) is 0 Å². The molecule has 0 spiro atoms. The van der Waals surface area contributed by atoms with Crippen molar-refractivity contribution in [3.63, 3.8) is 0 Å². The van der Waals surface area contributed by atoms with E-state index < -0.39 is 0 Å². The summed E-state index contributed by atoms with van der Waals surface area (Å²) >= 11 is 4.16. The smallest absolute Gasteiger partial charge is 0.271 e. The number of nitrogens with one attached hydrogen (secondary N) is 1. The first-order valence-electron chi connectivity index (χ1n) is 6.89. The fourth-order valence-corrected chi connectivity index (χ4v) is 4.08. The summed E-state index contributed by atoms with van der Waals surface area (Å²) in [5.41, 5.74) is 0.705. The maximum Gasteiger partial charge on any atom is 0.271 e. The highest BCUT2D eigenvalue weighted by atomic mass is 32.2. The molecule has 0 aliphatic carbocycles. The second-order valence-electron chi connectivity index (χ2n) is 4.46. The lowest BCUT2D eigenvalue weighted by molar-refractivity contribution is 0.102. The van der Waals surface area contributed by atoms with Crippen LogP contribution in [0.4, 0.5) is 5.13 Å². The number of hydrogen-bond donors (Lipinski definition) is 1. The SMILES string of the molecule is CCc1nnsc1C(=O)Nc1nnc(CSc2ccccc2)s1. The van der Waals surface area contributed by atoms with Gasteiger partial charge in [0.15, 0.2) is 0 Å². The third kappa shape index (κ3) is 4.12. The third-order valence-electron chi connectivity index (χ3n) is 2.89. The highest BCUT2D eigenvalue weighted by Crippen LogP contribution is 2.26. The van der Waals surface area contributed by atoms with Crippen molar-refractivity contribution in [2.75, 3.05) is 5.32 Å². The largest absolute Gasteiger partial charge is 0.296 e. The number of amides is 1. The average Bonchev–Trinajstić information content (AvgIpc) is 3.22. The maximum atomic E-state index is 12.2. The normalized spacial score (nSPS) is 10.7. The minimum Gasteiger partial charge on any atom is -0.296 e. The van der Waals surface area contributed by atoms with Crippen LogP contribution < -0.4 is 5.32 Å². The lowest BCUT2D eigenvalue weighted by Gasteiger charge is -1.98. The van der Waals surface area contributed by atoms with Crippen molar-refractivity contribution in [1.82, 2.24) is 19.8 Å². The zero-order valence-electron chi connectivity index (χ0n) is 12.2. The molecule has 0 saturated heterocycles. The Morgan fingerprint density at radius 2 is 2.04 bits per heavy atom. The van der Waals surface area contributed by atoms with E-state index in [4.69, 9.17) is 0 Å². The molecule has 0 radical (unpaired) electrons. The monoisotopic (exact) mass is 363 g/mol. The van der Waals surface area contributed by atoms with Gasteiger partial charge in [-0.05, 0) is 30.1 Å². The molecule has 118 valence electrons. The minimum atomic E-state index is -0.227. The zero-order chi connectivity index (χ0) is 16.1. The van der Waals surface area contributed by atoms with Gasteiger partial charge in [-0.25, -0.2) is 0 Å². The van der Waals surface area contributed by atoms with Crippen molar-refractivity contribution in [3.8, 4) is 0 Å². The lowest BCUT2D eigenvalue weighted by atomic mass is 10.3. The van der Waals surface area contributed by atoms with Gasteiger partial charge in [0.05, 0.1) is 11.4 Å². The summed E-state index contributed by atoms with van der Waals surface area (Å²) in [5, 5.41) is 16.2. The molecular formula is C14H13N5OS3. The Morgan fingerprint density at radius 1 is 1.22 bits per heavy atom. The van der Waals surface area contributed by atoms with Crippen LogP contribution in [0.5, 0.6) is 0 Å². The summed E-state index contributed by atoms with van der Waals surface area (Å²) in [7, 11) is 0. The van der Waals surface area contributed by atoms with Gasteiger partial charge in [0.1, 0.15) is 9.88 Å². The Bertz CT molecular complexity index is 787. The summed E-state index contributed by atoms with van der Waals surface area (Å²) < 4.78 is 3.82. The van der Waals surface area contributed by atoms with E-state index in [2.05, 4.69) is 37.2 Å². The average molecular weight is 363 g/mol. The quantitative estimate of drug-likeness (QED) is 0.675. The molecule has 2 aromatic heterocycles. The molecule has 0 aliphatic heterocycles. The van der Waals surface area contributed by atoms with Crippen LogP contribution >= 0.6 is 34.6 Å². The van der Waals surface area contributed by atoms with Gasteiger partial charge in [-0.15, -0.1) is 27.1 Å². The number of carbonyl (C=O) groups excluding carboxylic acids is 1. The van der Waals surface area contributed by atoms with Crippen LogP contribution in [0.25, 0.3) is 0 Å². The number of nitrogens with zero attached hydrogens (tertiary/aromatic N) is 4.